The van der Waals surface area contributed by atoms with Crippen molar-refractivity contribution >= 4 is 29.3 Å². The Labute approximate surface area is 304 Å². The van der Waals surface area contributed by atoms with E-state index in [1.54, 1.807) is 20.8 Å². The molecule has 0 saturated heterocycles. The number of ether oxygens (including phenoxy) is 2. The number of carbonyl (C=O) groups is 4. The van der Waals surface area contributed by atoms with Gasteiger partial charge in [0.05, 0.1) is 5.41 Å². The molecule has 3 rings (SSSR count). The Bertz CT molecular complexity index is 1710. The van der Waals surface area contributed by atoms with Crippen LogP contribution in [0, 0.1) is 22.2 Å². The molecule has 2 aliphatic carbocycles. The number of aliphatic hydroxyl groups excluding tert-OH is 1. The standard InChI is InChI=1S/C43H58O8/c1-26(2)14-13-21-41(12)31(17-15-27(3)4)25-42(22-19-28(5)6)36(46)34(37(47)43(41,38(42)48)23-20-29(7)8)35(45)30-16-18-33(32(44)24-30)50-39(49)51-40(9,10)11/h14-16,18-20,24,31,44-45H,13,17,21-23,25H2,1-12H3/t31-,41+,42-,43+/m0/s1. The fourth-order valence-electron chi connectivity index (χ4n) is 7.56. The molecule has 4 atom stereocenters. The number of ketones is 3. The Kier molecular flexibility index (Phi) is 12.6. The minimum absolute atomic E-state index is 0.0322. The number of hydrogen-bond donors (Lipinski definition) is 2. The zero-order chi connectivity index (χ0) is 38.7. The monoisotopic (exact) mass is 702 g/mol. The maximum absolute atomic E-state index is 15.4. The van der Waals surface area contributed by atoms with E-state index in [1.165, 1.54) is 12.1 Å². The molecule has 2 saturated carbocycles. The van der Waals surface area contributed by atoms with Gasteiger partial charge in [0, 0.05) is 5.56 Å². The second-order valence-electron chi connectivity index (χ2n) is 16.6. The minimum Gasteiger partial charge on any atom is -0.506 e. The summed E-state index contributed by atoms with van der Waals surface area (Å²) in [5, 5.41) is 22.8. The fourth-order valence-corrected chi connectivity index (χ4v) is 7.56. The van der Waals surface area contributed by atoms with Gasteiger partial charge in [-0.05, 0) is 144 Å². The molecule has 2 bridgehead atoms. The number of rotatable bonds is 11. The van der Waals surface area contributed by atoms with Gasteiger partial charge in [0.1, 0.15) is 22.3 Å². The van der Waals surface area contributed by atoms with Gasteiger partial charge in [0.2, 0.25) is 0 Å². The number of fused-ring (bicyclic) bond motifs is 2. The van der Waals surface area contributed by atoms with Gasteiger partial charge in [-0.2, -0.15) is 0 Å². The Morgan fingerprint density at radius 3 is 1.96 bits per heavy atom. The lowest BCUT2D eigenvalue weighted by atomic mass is 9.37. The Morgan fingerprint density at radius 1 is 0.863 bits per heavy atom. The first kappa shape index (κ1) is 41.2. The van der Waals surface area contributed by atoms with E-state index in [4.69, 9.17) is 9.47 Å². The first-order valence-electron chi connectivity index (χ1n) is 17.9. The third kappa shape index (κ3) is 8.48. The average molecular weight is 703 g/mol. The summed E-state index contributed by atoms with van der Waals surface area (Å²) < 4.78 is 10.4. The highest BCUT2D eigenvalue weighted by Crippen LogP contribution is 2.67. The molecular weight excluding hydrogens is 644 g/mol. The van der Waals surface area contributed by atoms with Crippen molar-refractivity contribution in [2.75, 3.05) is 0 Å². The molecule has 0 heterocycles. The van der Waals surface area contributed by atoms with Gasteiger partial charge in [-0.1, -0.05) is 53.5 Å². The number of allylic oxidation sites excluding steroid dienone is 9. The maximum atomic E-state index is 15.4. The second-order valence-corrected chi connectivity index (χ2v) is 16.6. The van der Waals surface area contributed by atoms with Crippen molar-refractivity contribution in [1.82, 2.24) is 0 Å². The summed E-state index contributed by atoms with van der Waals surface area (Å²) in [5.41, 5.74) is -1.36. The molecule has 278 valence electrons. The molecule has 0 amide bonds. The summed E-state index contributed by atoms with van der Waals surface area (Å²) in [5.74, 6) is -3.35. The van der Waals surface area contributed by atoms with Crippen LogP contribution < -0.4 is 4.74 Å². The van der Waals surface area contributed by atoms with Crippen molar-refractivity contribution in [2.45, 2.75) is 127 Å². The first-order valence-corrected chi connectivity index (χ1v) is 17.9. The van der Waals surface area contributed by atoms with Crippen LogP contribution in [0.3, 0.4) is 0 Å². The lowest BCUT2D eigenvalue weighted by molar-refractivity contribution is -0.178. The number of phenolic OH excluding ortho intramolecular Hbond substituents is 1. The summed E-state index contributed by atoms with van der Waals surface area (Å²) in [4.78, 5) is 57.9. The summed E-state index contributed by atoms with van der Waals surface area (Å²) in [6.45, 7) is 22.7. The van der Waals surface area contributed by atoms with Crippen LogP contribution in [0.1, 0.15) is 127 Å². The molecule has 0 radical (unpaired) electrons. The molecule has 2 fully saturated rings. The van der Waals surface area contributed by atoms with Gasteiger partial charge in [0.15, 0.2) is 28.8 Å². The van der Waals surface area contributed by atoms with Crippen LogP contribution in [0.25, 0.3) is 5.76 Å². The number of benzene rings is 1. The van der Waals surface area contributed by atoms with E-state index in [0.29, 0.717) is 19.3 Å². The third-order valence-electron chi connectivity index (χ3n) is 10.3. The molecule has 0 unspecified atom stereocenters. The number of Topliss-reactive ketones (excluding diaryl/α,β-unsaturated/α-hetero) is 3. The van der Waals surface area contributed by atoms with Crippen LogP contribution in [0.2, 0.25) is 0 Å². The molecule has 2 N–H and O–H groups in total. The van der Waals surface area contributed by atoms with Gasteiger partial charge >= 0.3 is 6.16 Å². The van der Waals surface area contributed by atoms with Crippen molar-refractivity contribution in [3.63, 3.8) is 0 Å². The average Bonchev–Trinajstić information content (AvgIpc) is 2.99. The van der Waals surface area contributed by atoms with Crippen LogP contribution in [-0.4, -0.2) is 39.3 Å². The van der Waals surface area contributed by atoms with Crippen molar-refractivity contribution < 1.29 is 38.9 Å². The van der Waals surface area contributed by atoms with Gasteiger partial charge in [0.25, 0.3) is 0 Å². The number of carbonyl (C=O) groups excluding carboxylic acids is 4. The minimum atomic E-state index is -1.66. The second kappa shape index (κ2) is 15.6. The fraction of sp³-hybridized carbons (Fsp3) is 0.535. The summed E-state index contributed by atoms with van der Waals surface area (Å²) >= 11 is 0. The zero-order valence-corrected chi connectivity index (χ0v) is 32.7. The molecule has 1 aromatic rings. The van der Waals surface area contributed by atoms with Crippen LogP contribution in [-0.2, 0) is 19.1 Å². The molecule has 1 aromatic carbocycles. The van der Waals surface area contributed by atoms with Crippen LogP contribution in [0.5, 0.6) is 11.5 Å². The maximum Gasteiger partial charge on any atom is 0.514 e. The van der Waals surface area contributed by atoms with Crippen molar-refractivity contribution in [3.05, 3.63) is 75.9 Å². The lowest BCUT2D eigenvalue weighted by Crippen LogP contribution is -2.70. The molecule has 0 aliphatic heterocycles. The number of hydrogen-bond acceptors (Lipinski definition) is 8. The van der Waals surface area contributed by atoms with Crippen LogP contribution in [0.15, 0.2) is 70.4 Å². The van der Waals surface area contributed by atoms with Gasteiger partial charge in [-0.3, -0.25) is 14.4 Å². The highest BCUT2D eigenvalue weighted by atomic mass is 16.7. The number of phenols is 1. The first-order chi connectivity index (χ1) is 23.5. The Morgan fingerprint density at radius 2 is 1.43 bits per heavy atom. The molecule has 0 spiro atoms. The molecule has 0 aromatic heterocycles. The van der Waals surface area contributed by atoms with E-state index in [2.05, 4.69) is 12.2 Å². The summed E-state index contributed by atoms with van der Waals surface area (Å²) in [6, 6.07) is 3.74. The predicted molar refractivity (Wildman–Crippen MR) is 201 cm³/mol. The van der Waals surface area contributed by atoms with E-state index in [-0.39, 0.29) is 42.3 Å². The Balaban J connectivity index is 2.40. The lowest BCUT2D eigenvalue weighted by Gasteiger charge is -2.61. The molecule has 51 heavy (non-hydrogen) atoms. The topological polar surface area (TPSA) is 127 Å². The normalized spacial score (nSPS) is 25.4. The van der Waals surface area contributed by atoms with Crippen LogP contribution in [0.4, 0.5) is 4.79 Å². The molecule has 2 aliphatic rings. The number of aromatic hydroxyl groups is 1. The SMILES string of the molecule is CC(C)=CCC[C@]1(C)[C@@H](CC=C(C)C)C[C@@]2(CC=C(C)C)C(=O)C(=C(O)c3ccc(OC(=O)OC(C)(C)C)c(O)c3)C(=O)[C@]1(CC=C(C)C)C2=O. The molecular formula is C43H58O8. The zero-order valence-electron chi connectivity index (χ0n) is 32.7. The van der Waals surface area contributed by atoms with Gasteiger partial charge in [-0.15, -0.1) is 0 Å². The largest absolute Gasteiger partial charge is 0.514 e. The number of aliphatic hydroxyl groups is 1. The van der Waals surface area contributed by atoms with Gasteiger partial charge < -0.3 is 19.7 Å². The van der Waals surface area contributed by atoms with E-state index in [0.717, 1.165) is 28.4 Å². The smallest absolute Gasteiger partial charge is 0.506 e. The molecule has 8 heteroatoms. The van der Waals surface area contributed by atoms with E-state index < -0.39 is 56.6 Å². The quantitative estimate of drug-likeness (QED) is 0.0444. The summed E-state index contributed by atoms with van der Waals surface area (Å²) in [7, 11) is 0. The van der Waals surface area contributed by atoms with Crippen molar-refractivity contribution in [2.24, 2.45) is 22.2 Å². The van der Waals surface area contributed by atoms with E-state index in [1.807, 2.05) is 74.5 Å². The van der Waals surface area contributed by atoms with E-state index >= 15 is 9.59 Å². The molecule has 8 nitrogen and oxygen atoms in total. The third-order valence-corrected chi connectivity index (χ3v) is 10.3. The Hall–Kier alpha value is -4.20. The highest BCUT2D eigenvalue weighted by Gasteiger charge is 2.74. The van der Waals surface area contributed by atoms with Crippen LogP contribution >= 0.6 is 0 Å². The van der Waals surface area contributed by atoms with Gasteiger partial charge in [-0.25, -0.2) is 4.79 Å². The van der Waals surface area contributed by atoms with E-state index in [9.17, 15) is 19.8 Å². The highest BCUT2D eigenvalue weighted by molar-refractivity contribution is 6.41. The predicted octanol–water partition coefficient (Wildman–Crippen LogP) is 10.5. The van der Waals surface area contributed by atoms with Crippen molar-refractivity contribution in [1.29, 1.82) is 0 Å². The summed E-state index contributed by atoms with van der Waals surface area (Å²) in [6.07, 6.45) is 9.14. The van der Waals surface area contributed by atoms with Crippen molar-refractivity contribution in [3.8, 4) is 11.5 Å².